The average Bonchev–Trinajstić information content (AvgIpc) is 2.70. The summed E-state index contributed by atoms with van der Waals surface area (Å²) >= 11 is 0. The van der Waals surface area contributed by atoms with Crippen molar-refractivity contribution in [3.8, 4) is 0 Å². The molecule has 1 amide bonds. The highest BCUT2D eigenvalue weighted by atomic mass is 16.1. The summed E-state index contributed by atoms with van der Waals surface area (Å²) in [6.07, 6.45) is 5.84. The number of likely N-dealkylation sites (N-methyl/N-ethyl adjacent to an activating group) is 1. The fraction of sp³-hybridized carbons (Fsp3) is 0.667. The van der Waals surface area contributed by atoms with E-state index < -0.39 is 0 Å². The van der Waals surface area contributed by atoms with Gasteiger partial charge in [-0.15, -0.1) is 0 Å². The summed E-state index contributed by atoms with van der Waals surface area (Å²) in [4.78, 5) is 17.6. The first-order chi connectivity index (χ1) is 12.3. The van der Waals surface area contributed by atoms with Crippen LogP contribution in [-0.4, -0.2) is 55.0 Å². The first-order valence-electron chi connectivity index (χ1n) is 10.1. The molecule has 1 aromatic carbocycles. The van der Waals surface area contributed by atoms with Gasteiger partial charge in [-0.2, -0.15) is 0 Å². The molecule has 1 N–H and O–H groups in total. The van der Waals surface area contributed by atoms with Crippen LogP contribution in [-0.2, 0) is 4.79 Å². The zero-order chi connectivity index (χ0) is 17.5. The Morgan fingerprint density at radius 1 is 1.08 bits per heavy atom. The minimum absolute atomic E-state index is 0.238. The normalized spacial score (nSPS) is 21.8. The maximum Gasteiger partial charge on any atom is 0.223 e. The van der Waals surface area contributed by atoms with Gasteiger partial charge in [0.2, 0.25) is 5.91 Å². The maximum absolute atomic E-state index is 12.6. The molecule has 1 aliphatic carbocycles. The van der Waals surface area contributed by atoms with Crippen LogP contribution in [0.25, 0.3) is 0 Å². The van der Waals surface area contributed by atoms with E-state index in [9.17, 15) is 4.79 Å². The SMILES string of the molecule is CCN1CCN(C(CNC(=O)C2CCCCC2)c2ccccc2)CC1. The number of hydrogen-bond acceptors (Lipinski definition) is 3. The number of nitrogens with one attached hydrogen (secondary N) is 1. The summed E-state index contributed by atoms with van der Waals surface area (Å²) in [6, 6.07) is 11.0. The summed E-state index contributed by atoms with van der Waals surface area (Å²) in [5, 5.41) is 3.28. The Morgan fingerprint density at radius 2 is 1.76 bits per heavy atom. The van der Waals surface area contributed by atoms with Gasteiger partial charge in [0.05, 0.1) is 6.04 Å². The molecule has 0 spiro atoms. The standard InChI is InChI=1S/C21H33N3O/c1-2-23-13-15-24(16-14-23)20(18-9-5-3-6-10-18)17-22-21(25)19-11-7-4-8-12-19/h3,5-6,9-10,19-20H,2,4,7-8,11-17H2,1H3,(H,22,25). The maximum atomic E-state index is 12.6. The highest BCUT2D eigenvalue weighted by molar-refractivity contribution is 5.78. The summed E-state index contributed by atoms with van der Waals surface area (Å²) in [5.41, 5.74) is 1.32. The smallest absolute Gasteiger partial charge is 0.223 e. The predicted molar refractivity (Wildman–Crippen MR) is 102 cm³/mol. The fourth-order valence-electron chi connectivity index (χ4n) is 4.23. The number of amides is 1. The number of hydrogen-bond donors (Lipinski definition) is 1. The fourth-order valence-corrected chi connectivity index (χ4v) is 4.23. The first kappa shape index (κ1) is 18.4. The van der Waals surface area contributed by atoms with Crippen molar-refractivity contribution in [2.24, 2.45) is 5.92 Å². The quantitative estimate of drug-likeness (QED) is 0.862. The monoisotopic (exact) mass is 343 g/mol. The average molecular weight is 344 g/mol. The van der Waals surface area contributed by atoms with Crippen molar-refractivity contribution in [2.75, 3.05) is 39.3 Å². The lowest BCUT2D eigenvalue weighted by atomic mass is 9.88. The van der Waals surface area contributed by atoms with Gasteiger partial charge in [-0.05, 0) is 24.9 Å². The molecular formula is C21H33N3O. The van der Waals surface area contributed by atoms with E-state index in [4.69, 9.17) is 0 Å². The van der Waals surface area contributed by atoms with E-state index in [-0.39, 0.29) is 17.9 Å². The predicted octanol–water partition coefficient (Wildman–Crippen LogP) is 3.06. The van der Waals surface area contributed by atoms with Gasteiger partial charge in [-0.3, -0.25) is 9.69 Å². The topological polar surface area (TPSA) is 35.6 Å². The second-order valence-electron chi connectivity index (χ2n) is 7.48. The number of piperazine rings is 1. The van der Waals surface area contributed by atoms with Crippen LogP contribution in [0.3, 0.4) is 0 Å². The molecule has 1 aliphatic heterocycles. The number of rotatable bonds is 6. The van der Waals surface area contributed by atoms with Crippen LogP contribution in [0.4, 0.5) is 0 Å². The van der Waals surface area contributed by atoms with E-state index >= 15 is 0 Å². The Labute approximate surface area is 152 Å². The van der Waals surface area contributed by atoms with Crippen LogP contribution >= 0.6 is 0 Å². The van der Waals surface area contributed by atoms with E-state index in [1.807, 2.05) is 0 Å². The Balaban J connectivity index is 1.61. The van der Waals surface area contributed by atoms with Gasteiger partial charge in [0, 0.05) is 38.6 Å². The lowest BCUT2D eigenvalue weighted by Crippen LogP contribution is -2.50. The van der Waals surface area contributed by atoms with Gasteiger partial charge in [0.15, 0.2) is 0 Å². The van der Waals surface area contributed by atoms with Crippen molar-refractivity contribution in [1.82, 2.24) is 15.1 Å². The minimum atomic E-state index is 0.238. The Morgan fingerprint density at radius 3 is 2.40 bits per heavy atom. The molecule has 4 heteroatoms. The summed E-state index contributed by atoms with van der Waals surface area (Å²) in [7, 11) is 0. The van der Waals surface area contributed by atoms with E-state index in [0.717, 1.165) is 52.1 Å². The van der Waals surface area contributed by atoms with Crippen LogP contribution in [0.5, 0.6) is 0 Å². The molecule has 2 aliphatic rings. The molecular weight excluding hydrogens is 310 g/mol. The van der Waals surface area contributed by atoms with Gasteiger partial charge in [0.25, 0.3) is 0 Å². The lowest BCUT2D eigenvalue weighted by Gasteiger charge is -2.39. The molecule has 2 fully saturated rings. The van der Waals surface area contributed by atoms with Crippen LogP contribution < -0.4 is 5.32 Å². The van der Waals surface area contributed by atoms with Crippen LogP contribution in [0.1, 0.15) is 50.6 Å². The summed E-state index contributed by atoms with van der Waals surface area (Å²) < 4.78 is 0. The summed E-state index contributed by atoms with van der Waals surface area (Å²) in [5.74, 6) is 0.509. The molecule has 25 heavy (non-hydrogen) atoms. The van der Waals surface area contributed by atoms with E-state index in [0.29, 0.717) is 0 Å². The minimum Gasteiger partial charge on any atom is -0.354 e. The number of carbonyl (C=O) groups excluding carboxylic acids is 1. The number of carbonyl (C=O) groups is 1. The van der Waals surface area contributed by atoms with Crippen molar-refractivity contribution < 1.29 is 4.79 Å². The number of nitrogens with zero attached hydrogens (tertiary/aromatic N) is 2. The van der Waals surface area contributed by atoms with E-state index in [1.165, 1.54) is 24.8 Å². The molecule has 138 valence electrons. The van der Waals surface area contributed by atoms with Gasteiger partial charge in [0.1, 0.15) is 0 Å². The third kappa shape index (κ3) is 5.05. The van der Waals surface area contributed by atoms with Crippen molar-refractivity contribution in [3.05, 3.63) is 35.9 Å². The molecule has 1 saturated carbocycles. The highest BCUT2D eigenvalue weighted by Gasteiger charge is 2.26. The largest absolute Gasteiger partial charge is 0.354 e. The highest BCUT2D eigenvalue weighted by Crippen LogP contribution is 2.25. The van der Waals surface area contributed by atoms with Crippen molar-refractivity contribution in [3.63, 3.8) is 0 Å². The van der Waals surface area contributed by atoms with Crippen LogP contribution in [0.15, 0.2) is 30.3 Å². The molecule has 3 rings (SSSR count). The lowest BCUT2D eigenvalue weighted by molar-refractivity contribution is -0.126. The van der Waals surface area contributed by atoms with Crippen molar-refractivity contribution in [2.45, 2.75) is 45.1 Å². The van der Waals surface area contributed by atoms with Gasteiger partial charge < -0.3 is 10.2 Å². The molecule has 4 nitrogen and oxygen atoms in total. The third-order valence-corrected chi connectivity index (χ3v) is 5.92. The van der Waals surface area contributed by atoms with Gasteiger partial charge >= 0.3 is 0 Å². The van der Waals surface area contributed by atoms with Crippen LogP contribution in [0.2, 0.25) is 0 Å². The molecule has 0 aromatic heterocycles. The Bertz CT molecular complexity index is 519. The zero-order valence-corrected chi connectivity index (χ0v) is 15.6. The molecule has 1 heterocycles. The molecule has 0 radical (unpaired) electrons. The first-order valence-corrected chi connectivity index (χ1v) is 10.1. The molecule has 1 atom stereocenters. The van der Waals surface area contributed by atoms with Gasteiger partial charge in [-0.1, -0.05) is 56.5 Å². The molecule has 1 saturated heterocycles. The van der Waals surface area contributed by atoms with Gasteiger partial charge in [-0.25, -0.2) is 0 Å². The molecule has 1 aromatic rings. The Kier molecular flexibility index (Phi) is 6.88. The third-order valence-electron chi connectivity index (χ3n) is 5.92. The van der Waals surface area contributed by atoms with E-state index in [2.05, 4.69) is 52.4 Å². The van der Waals surface area contributed by atoms with Crippen molar-refractivity contribution >= 4 is 5.91 Å². The molecule has 1 unspecified atom stereocenters. The number of benzene rings is 1. The van der Waals surface area contributed by atoms with Crippen molar-refractivity contribution in [1.29, 1.82) is 0 Å². The summed E-state index contributed by atoms with van der Waals surface area (Å²) in [6.45, 7) is 8.48. The second kappa shape index (κ2) is 9.35. The second-order valence-corrected chi connectivity index (χ2v) is 7.48. The Hall–Kier alpha value is -1.39. The van der Waals surface area contributed by atoms with Crippen LogP contribution in [0, 0.1) is 5.92 Å². The van der Waals surface area contributed by atoms with E-state index in [1.54, 1.807) is 0 Å². The molecule has 0 bridgehead atoms. The zero-order valence-electron chi connectivity index (χ0n) is 15.6.